The maximum atomic E-state index is 8.91. The number of hydrogen-bond donors (Lipinski definition) is 1. The first-order chi connectivity index (χ1) is 7.33. The molecule has 1 aromatic carbocycles. The van der Waals surface area contributed by atoms with Crippen molar-refractivity contribution < 1.29 is 5.11 Å². The molecule has 0 atom stereocenters. The summed E-state index contributed by atoms with van der Waals surface area (Å²) >= 11 is 3.36. The minimum Gasteiger partial charge on any atom is -0.393 e. The normalized spacial score (nSPS) is 16.7. The molecule has 84 valence electrons. The molecule has 1 aromatic rings. The van der Waals surface area contributed by atoms with Crippen LogP contribution in [0.25, 0.3) is 0 Å². The highest BCUT2D eigenvalue weighted by atomic mass is 79.9. The summed E-state index contributed by atoms with van der Waals surface area (Å²) in [4.78, 5) is 0. The van der Waals surface area contributed by atoms with Crippen LogP contribution in [0.2, 0.25) is 0 Å². The third-order valence-corrected chi connectivity index (χ3v) is 3.22. The molecular weight excluding hydrogens is 252 g/mol. The largest absolute Gasteiger partial charge is 0.393 e. The van der Waals surface area contributed by atoms with Crippen molar-refractivity contribution in [3.05, 3.63) is 35.9 Å². The maximum Gasteiger partial charge on any atom is 0.0540 e. The molecule has 0 amide bonds. The van der Waals surface area contributed by atoms with Gasteiger partial charge in [0.05, 0.1) is 6.10 Å². The molecule has 0 radical (unpaired) electrons. The van der Waals surface area contributed by atoms with Crippen molar-refractivity contribution in [2.24, 2.45) is 0 Å². The lowest BCUT2D eigenvalue weighted by Crippen LogP contribution is -2.09. The van der Waals surface area contributed by atoms with Crippen molar-refractivity contribution in [1.29, 1.82) is 0 Å². The highest BCUT2D eigenvalue weighted by Gasteiger charge is 2.07. The first-order valence-corrected chi connectivity index (χ1v) is 6.73. The average molecular weight is 271 g/mol. The molecule has 1 saturated carbocycles. The highest BCUT2D eigenvalue weighted by molar-refractivity contribution is 9.08. The highest BCUT2D eigenvalue weighted by Crippen LogP contribution is 2.16. The number of hydrogen-bond acceptors (Lipinski definition) is 1. The number of aliphatic hydroxyl groups is 1. The van der Waals surface area contributed by atoms with Gasteiger partial charge in [-0.1, -0.05) is 65.5 Å². The molecule has 0 spiro atoms. The van der Waals surface area contributed by atoms with Gasteiger partial charge in [0.2, 0.25) is 0 Å². The third-order valence-electron chi connectivity index (χ3n) is 2.57. The number of aliphatic hydroxyl groups excluding tert-OH is 1. The zero-order valence-electron chi connectivity index (χ0n) is 9.03. The molecule has 1 fully saturated rings. The van der Waals surface area contributed by atoms with Crippen LogP contribution in [0.15, 0.2) is 30.3 Å². The van der Waals surface area contributed by atoms with Crippen LogP contribution in [-0.2, 0) is 5.33 Å². The van der Waals surface area contributed by atoms with E-state index < -0.39 is 0 Å². The van der Waals surface area contributed by atoms with Gasteiger partial charge in [-0.2, -0.15) is 0 Å². The van der Waals surface area contributed by atoms with E-state index in [0.29, 0.717) is 0 Å². The first kappa shape index (κ1) is 12.7. The van der Waals surface area contributed by atoms with Crippen LogP contribution in [0, 0.1) is 0 Å². The van der Waals surface area contributed by atoms with Gasteiger partial charge in [0.25, 0.3) is 0 Å². The molecule has 0 unspecified atom stereocenters. The van der Waals surface area contributed by atoms with E-state index in [-0.39, 0.29) is 6.10 Å². The van der Waals surface area contributed by atoms with Gasteiger partial charge < -0.3 is 5.11 Å². The molecular formula is C13H19BrO. The van der Waals surface area contributed by atoms with Crippen molar-refractivity contribution in [3.8, 4) is 0 Å². The smallest absolute Gasteiger partial charge is 0.0540 e. The van der Waals surface area contributed by atoms with Gasteiger partial charge in [0.15, 0.2) is 0 Å². The number of benzene rings is 1. The third kappa shape index (κ3) is 5.95. The lowest BCUT2D eigenvalue weighted by Gasteiger charge is -2.14. The Balaban J connectivity index is 0.000000151. The van der Waals surface area contributed by atoms with E-state index in [2.05, 4.69) is 28.1 Å². The fourth-order valence-electron chi connectivity index (χ4n) is 1.65. The Bertz CT molecular complexity index is 242. The predicted molar refractivity (Wildman–Crippen MR) is 68.2 cm³/mol. The zero-order valence-corrected chi connectivity index (χ0v) is 10.6. The number of alkyl halides is 1. The lowest BCUT2D eigenvalue weighted by atomic mass is 9.98. The topological polar surface area (TPSA) is 20.2 Å². The summed E-state index contributed by atoms with van der Waals surface area (Å²) in [6.45, 7) is 0. The van der Waals surface area contributed by atoms with E-state index in [0.717, 1.165) is 18.2 Å². The molecule has 2 rings (SSSR count). The lowest BCUT2D eigenvalue weighted by molar-refractivity contribution is 0.130. The second kappa shape index (κ2) is 7.89. The number of rotatable bonds is 1. The van der Waals surface area contributed by atoms with Gasteiger partial charge >= 0.3 is 0 Å². The van der Waals surface area contributed by atoms with Crippen LogP contribution >= 0.6 is 15.9 Å². The van der Waals surface area contributed by atoms with Gasteiger partial charge in [-0.3, -0.25) is 0 Å². The Morgan fingerprint density at radius 2 is 1.67 bits per heavy atom. The summed E-state index contributed by atoms with van der Waals surface area (Å²) in [6, 6.07) is 10.3. The van der Waals surface area contributed by atoms with Crippen LogP contribution in [0.5, 0.6) is 0 Å². The molecule has 2 heteroatoms. The van der Waals surface area contributed by atoms with Crippen LogP contribution < -0.4 is 0 Å². The summed E-state index contributed by atoms with van der Waals surface area (Å²) in [6.07, 6.45) is 5.92. The molecule has 15 heavy (non-hydrogen) atoms. The minimum atomic E-state index is 0.0359. The Morgan fingerprint density at radius 3 is 2.00 bits per heavy atom. The van der Waals surface area contributed by atoms with Crippen LogP contribution in [0.4, 0.5) is 0 Å². The molecule has 1 N–H and O–H groups in total. The summed E-state index contributed by atoms with van der Waals surface area (Å²) in [5.41, 5.74) is 1.33. The van der Waals surface area contributed by atoms with E-state index >= 15 is 0 Å². The monoisotopic (exact) mass is 270 g/mol. The first-order valence-electron chi connectivity index (χ1n) is 5.61. The molecule has 0 aliphatic heterocycles. The summed E-state index contributed by atoms with van der Waals surface area (Å²) < 4.78 is 0. The average Bonchev–Trinajstić information content (AvgIpc) is 2.32. The SMILES string of the molecule is BrCc1ccccc1.OC1CCCCC1. The fourth-order valence-corrected chi connectivity index (χ4v) is 2.02. The van der Waals surface area contributed by atoms with Crippen LogP contribution in [0.1, 0.15) is 37.7 Å². The van der Waals surface area contributed by atoms with Crippen molar-refractivity contribution in [2.45, 2.75) is 43.5 Å². The standard InChI is InChI=1S/C7H7Br.C6H12O/c8-6-7-4-2-1-3-5-7;7-6-4-2-1-3-5-6/h1-5H,6H2;6-7H,1-5H2. The van der Waals surface area contributed by atoms with Crippen LogP contribution in [-0.4, -0.2) is 11.2 Å². The number of halogens is 1. The molecule has 0 aromatic heterocycles. The van der Waals surface area contributed by atoms with Crippen molar-refractivity contribution >= 4 is 15.9 Å². The Hall–Kier alpha value is -0.340. The van der Waals surface area contributed by atoms with Gasteiger partial charge in [-0.05, 0) is 18.4 Å². The van der Waals surface area contributed by atoms with Gasteiger partial charge in [-0.15, -0.1) is 0 Å². The van der Waals surface area contributed by atoms with E-state index in [4.69, 9.17) is 5.11 Å². The van der Waals surface area contributed by atoms with Gasteiger partial charge in [0.1, 0.15) is 0 Å². The maximum absolute atomic E-state index is 8.91. The predicted octanol–water partition coefficient (Wildman–Crippen LogP) is 3.89. The van der Waals surface area contributed by atoms with E-state index in [1.807, 2.05) is 18.2 Å². The Kier molecular flexibility index (Phi) is 6.69. The molecule has 1 aliphatic rings. The fraction of sp³-hybridized carbons (Fsp3) is 0.538. The second-order valence-corrected chi connectivity index (χ2v) is 4.47. The van der Waals surface area contributed by atoms with Gasteiger partial charge in [-0.25, -0.2) is 0 Å². The Labute approximate surface area is 101 Å². The molecule has 0 heterocycles. The summed E-state index contributed by atoms with van der Waals surface area (Å²) in [5.74, 6) is 0. The molecule has 1 aliphatic carbocycles. The minimum absolute atomic E-state index is 0.0359. The van der Waals surface area contributed by atoms with E-state index in [9.17, 15) is 0 Å². The quantitative estimate of drug-likeness (QED) is 0.768. The van der Waals surface area contributed by atoms with Crippen molar-refractivity contribution in [1.82, 2.24) is 0 Å². The van der Waals surface area contributed by atoms with E-state index in [1.54, 1.807) is 0 Å². The van der Waals surface area contributed by atoms with Crippen molar-refractivity contribution in [3.63, 3.8) is 0 Å². The molecule has 1 nitrogen and oxygen atoms in total. The van der Waals surface area contributed by atoms with E-state index in [1.165, 1.54) is 24.8 Å². The van der Waals surface area contributed by atoms with Gasteiger partial charge in [0, 0.05) is 5.33 Å². The second-order valence-electron chi connectivity index (χ2n) is 3.91. The zero-order chi connectivity index (χ0) is 10.9. The van der Waals surface area contributed by atoms with Crippen LogP contribution in [0.3, 0.4) is 0 Å². The summed E-state index contributed by atoms with van der Waals surface area (Å²) in [7, 11) is 0. The molecule has 0 bridgehead atoms. The summed E-state index contributed by atoms with van der Waals surface area (Å²) in [5, 5.41) is 9.86. The molecule has 0 saturated heterocycles. The Morgan fingerprint density at radius 1 is 1.07 bits per heavy atom. The van der Waals surface area contributed by atoms with Crippen molar-refractivity contribution in [2.75, 3.05) is 0 Å².